The molecule has 7 heteroatoms. The Morgan fingerprint density at radius 3 is 2.85 bits per heavy atom. The van der Waals surface area contributed by atoms with E-state index in [1.807, 2.05) is 36.4 Å². The number of carbonyl (C=O) groups excluding carboxylic acids is 1. The Kier molecular flexibility index (Phi) is 5.96. The number of benzene rings is 2. The van der Waals surface area contributed by atoms with Crippen LogP contribution in [0.2, 0.25) is 5.15 Å². The maximum absolute atomic E-state index is 12.0. The molecule has 0 atom stereocenters. The molecule has 0 bridgehead atoms. The second kappa shape index (κ2) is 8.38. The van der Waals surface area contributed by atoms with Gasteiger partial charge in [0.25, 0.3) is 0 Å². The van der Waals surface area contributed by atoms with Crippen LogP contribution in [0.15, 0.2) is 58.1 Å². The number of nitrogens with zero attached hydrogens (tertiary/aromatic N) is 2. The van der Waals surface area contributed by atoms with Gasteiger partial charge in [-0.1, -0.05) is 58.7 Å². The molecule has 1 aromatic heterocycles. The van der Waals surface area contributed by atoms with E-state index in [1.54, 1.807) is 18.3 Å². The van der Waals surface area contributed by atoms with Crippen LogP contribution in [-0.4, -0.2) is 16.8 Å². The zero-order valence-electron chi connectivity index (χ0n) is 14.2. The quantitative estimate of drug-likeness (QED) is 0.398. The maximum atomic E-state index is 12.0. The van der Waals surface area contributed by atoms with Crippen molar-refractivity contribution < 1.29 is 4.79 Å². The van der Waals surface area contributed by atoms with Crippen LogP contribution in [0.25, 0.3) is 10.9 Å². The molecule has 134 valence electrons. The Balaban J connectivity index is 1.76. The van der Waals surface area contributed by atoms with Gasteiger partial charge in [0.05, 0.1) is 6.21 Å². The standard InChI is InChI=1S/C19H18BrClN4O/c1-2-10-25-17-9-4-3-8-15(17)16(18(25)21)12-22-24-19(26)23-14-7-5-6-13(20)11-14/h3-9,11-12H,2,10H2,1H3,(H2,23,24,26). The van der Waals surface area contributed by atoms with Gasteiger partial charge in [0, 0.05) is 33.2 Å². The van der Waals surface area contributed by atoms with Crippen LogP contribution in [-0.2, 0) is 6.54 Å². The van der Waals surface area contributed by atoms with Gasteiger partial charge in [-0.25, -0.2) is 10.2 Å². The summed E-state index contributed by atoms with van der Waals surface area (Å²) in [7, 11) is 0. The zero-order valence-corrected chi connectivity index (χ0v) is 16.5. The third-order valence-corrected chi connectivity index (χ3v) is 4.73. The number of rotatable bonds is 5. The minimum absolute atomic E-state index is 0.423. The molecule has 0 saturated carbocycles. The van der Waals surface area contributed by atoms with Crippen LogP contribution < -0.4 is 10.7 Å². The molecular weight excluding hydrogens is 416 g/mol. The predicted molar refractivity (Wildman–Crippen MR) is 111 cm³/mol. The summed E-state index contributed by atoms with van der Waals surface area (Å²) in [6.07, 6.45) is 2.56. The Bertz CT molecular complexity index is 967. The first-order valence-electron chi connectivity index (χ1n) is 8.22. The number of hydrogen-bond acceptors (Lipinski definition) is 2. The highest BCUT2D eigenvalue weighted by molar-refractivity contribution is 9.10. The summed E-state index contributed by atoms with van der Waals surface area (Å²) < 4.78 is 2.94. The van der Waals surface area contributed by atoms with Crippen molar-refractivity contribution >= 4 is 56.4 Å². The van der Waals surface area contributed by atoms with E-state index in [1.165, 1.54) is 0 Å². The van der Waals surface area contributed by atoms with Gasteiger partial charge in [0.15, 0.2) is 0 Å². The molecule has 1 heterocycles. The fourth-order valence-corrected chi connectivity index (χ4v) is 3.47. The molecule has 2 amide bonds. The van der Waals surface area contributed by atoms with Crippen molar-refractivity contribution in [3.63, 3.8) is 0 Å². The average molecular weight is 434 g/mol. The van der Waals surface area contributed by atoms with Crippen molar-refractivity contribution in [1.82, 2.24) is 9.99 Å². The lowest BCUT2D eigenvalue weighted by Gasteiger charge is -2.04. The van der Waals surface area contributed by atoms with Gasteiger partial charge in [-0.2, -0.15) is 5.10 Å². The highest BCUT2D eigenvalue weighted by Gasteiger charge is 2.13. The minimum atomic E-state index is -0.423. The van der Waals surface area contributed by atoms with Crippen LogP contribution in [0.3, 0.4) is 0 Å². The molecule has 3 rings (SSSR count). The molecule has 5 nitrogen and oxygen atoms in total. The number of anilines is 1. The molecule has 0 aliphatic carbocycles. The van der Waals surface area contributed by atoms with Crippen LogP contribution in [0.4, 0.5) is 10.5 Å². The number of para-hydroxylation sites is 1. The number of nitrogens with one attached hydrogen (secondary N) is 2. The van der Waals surface area contributed by atoms with E-state index >= 15 is 0 Å². The third-order valence-electron chi connectivity index (χ3n) is 3.83. The second-order valence-electron chi connectivity index (χ2n) is 5.71. The monoisotopic (exact) mass is 432 g/mol. The summed E-state index contributed by atoms with van der Waals surface area (Å²) in [6, 6.07) is 14.9. The predicted octanol–water partition coefficient (Wildman–Crippen LogP) is 5.62. The SMILES string of the molecule is CCCn1c(Cl)c(C=NNC(=O)Nc2cccc(Br)c2)c2ccccc21. The van der Waals surface area contributed by atoms with Crippen LogP contribution >= 0.6 is 27.5 Å². The summed E-state index contributed by atoms with van der Waals surface area (Å²) in [6.45, 7) is 2.93. The van der Waals surface area contributed by atoms with Gasteiger partial charge >= 0.3 is 6.03 Å². The lowest BCUT2D eigenvalue weighted by atomic mass is 10.2. The first kappa shape index (κ1) is 18.5. The molecule has 0 unspecified atom stereocenters. The van der Waals surface area contributed by atoms with Gasteiger partial charge in [0.2, 0.25) is 0 Å². The normalized spacial score (nSPS) is 11.2. The third kappa shape index (κ3) is 4.08. The van der Waals surface area contributed by atoms with E-state index in [-0.39, 0.29) is 0 Å². The van der Waals surface area contributed by atoms with E-state index in [9.17, 15) is 4.79 Å². The fraction of sp³-hybridized carbons (Fsp3) is 0.158. The van der Waals surface area contributed by atoms with E-state index in [0.29, 0.717) is 10.8 Å². The summed E-state index contributed by atoms with van der Waals surface area (Å²) in [5.41, 5.74) is 4.98. The van der Waals surface area contributed by atoms with E-state index in [0.717, 1.165) is 33.9 Å². The number of aromatic nitrogens is 1. The molecule has 26 heavy (non-hydrogen) atoms. The largest absolute Gasteiger partial charge is 0.339 e. The number of fused-ring (bicyclic) bond motifs is 1. The van der Waals surface area contributed by atoms with E-state index in [2.05, 4.69) is 43.3 Å². The van der Waals surface area contributed by atoms with Gasteiger partial charge < -0.3 is 9.88 Å². The molecular formula is C19H18BrClN4O. The fourth-order valence-electron chi connectivity index (χ4n) is 2.74. The Morgan fingerprint density at radius 2 is 2.08 bits per heavy atom. The summed E-state index contributed by atoms with van der Waals surface area (Å²) in [5.74, 6) is 0. The van der Waals surface area contributed by atoms with Crippen molar-refractivity contribution in [3.8, 4) is 0 Å². The number of urea groups is 1. The number of aryl methyl sites for hydroxylation is 1. The van der Waals surface area contributed by atoms with Crippen molar-refractivity contribution in [2.24, 2.45) is 5.10 Å². The highest BCUT2D eigenvalue weighted by atomic mass is 79.9. The molecule has 0 aliphatic heterocycles. The molecule has 0 fully saturated rings. The van der Waals surface area contributed by atoms with Crippen molar-refractivity contribution in [2.45, 2.75) is 19.9 Å². The number of hydrazone groups is 1. The lowest BCUT2D eigenvalue weighted by Crippen LogP contribution is -2.24. The summed E-state index contributed by atoms with van der Waals surface area (Å²) in [4.78, 5) is 12.0. The molecule has 0 aliphatic rings. The first-order valence-corrected chi connectivity index (χ1v) is 9.39. The second-order valence-corrected chi connectivity index (χ2v) is 6.98. The number of carbonyl (C=O) groups is 1. The van der Waals surface area contributed by atoms with Crippen LogP contribution in [0, 0.1) is 0 Å². The van der Waals surface area contributed by atoms with Gasteiger partial charge in [-0.3, -0.25) is 0 Å². The summed E-state index contributed by atoms with van der Waals surface area (Å²) >= 11 is 9.89. The highest BCUT2D eigenvalue weighted by Crippen LogP contribution is 2.29. The van der Waals surface area contributed by atoms with Gasteiger partial charge in [0.1, 0.15) is 5.15 Å². The van der Waals surface area contributed by atoms with Crippen LogP contribution in [0.1, 0.15) is 18.9 Å². The molecule has 0 spiro atoms. The minimum Gasteiger partial charge on any atom is -0.331 e. The Morgan fingerprint density at radius 1 is 1.27 bits per heavy atom. The Labute approximate surface area is 165 Å². The molecule has 0 radical (unpaired) electrons. The average Bonchev–Trinajstić information content (AvgIpc) is 2.88. The number of amides is 2. The topological polar surface area (TPSA) is 58.4 Å². The number of hydrogen-bond donors (Lipinski definition) is 2. The first-order chi connectivity index (χ1) is 12.6. The molecule has 2 aromatic carbocycles. The summed E-state index contributed by atoms with van der Waals surface area (Å²) in [5, 5.41) is 8.38. The van der Waals surface area contributed by atoms with Crippen LogP contribution in [0.5, 0.6) is 0 Å². The zero-order chi connectivity index (χ0) is 18.5. The van der Waals surface area contributed by atoms with E-state index in [4.69, 9.17) is 11.6 Å². The van der Waals surface area contributed by atoms with Crippen molar-refractivity contribution in [2.75, 3.05) is 5.32 Å². The molecule has 3 aromatic rings. The smallest absolute Gasteiger partial charge is 0.331 e. The van der Waals surface area contributed by atoms with Gasteiger partial charge in [-0.15, -0.1) is 0 Å². The lowest BCUT2D eigenvalue weighted by molar-refractivity contribution is 0.252. The molecule has 0 saturated heterocycles. The number of halogens is 2. The van der Waals surface area contributed by atoms with Crippen molar-refractivity contribution in [3.05, 3.63) is 63.7 Å². The Hall–Kier alpha value is -2.31. The molecule has 2 N–H and O–H groups in total. The van der Waals surface area contributed by atoms with E-state index < -0.39 is 6.03 Å². The van der Waals surface area contributed by atoms with Gasteiger partial charge in [-0.05, 0) is 30.7 Å². The maximum Gasteiger partial charge on any atom is 0.339 e. The van der Waals surface area contributed by atoms with Crippen molar-refractivity contribution in [1.29, 1.82) is 0 Å².